The van der Waals surface area contributed by atoms with Crippen LogP contribution in [0, 0.1) is 18.7 Å². The van der Waals surface area contributed by atoms with Crippen LogP contribution in [0.25, 0.3) is 10.9 Å². The molecular formula is C20H21FN4O2. The Hall–Kier alpha value is -2.80. The highest BCUT2D eigenvalue weighted by Gasteiger charge is 2.34. The molecule has 0 saturated heterocycles. The average Bonchev–Trinajstić information content (AvgIpc) is 3.24. The van der Waals surface area contributed by atoms with Crippen molar-refractivity contribution in [1.29, 1.82) is 0 Å². The second-order valence-corrected chi connectivity index (χ2v) is 7.17. The Morgan fingerprint density at radius 1 is 1.37 bits per heavy atom. The molecular weight excluding hydrogens is 347 g/mol. The van der Waals surface area contributed by atoms with E-state index in [0.717, 1.165) is 6.54 Å². The lowest BCUT2D eigenvalue weighted by atomic mass is 10.1. The van der Waals surface area contributed by atoms with Crippen molar-refractivity contribution in [3.05, 3.63) is 59.8 Å². The molecule has 0 spiro atoms. The van der Waals surface area contributed by atoms with Crippen LogP contribution < -0.4 is 5.32 Å². The Morgan fingerprint density at radius 3 is 3.00 bits per heavy atom. The second kappa shape index (κ2) is 7.08. The molecule has 0 aliphatic heterocycles. The molecule has 7 heteroatoms. The number of benzene rings is 1. The first-order valence-corrected chi connectivity index (χ1v) is 9.03. The first-order chi connectivity index (χ1) is 13.0. The molecule has 2 N–H and O–H groups in total. The van der Waals surface area contributed by atoms with Crippen LogP contribution in [0.15, 0.2) is 42.7 Å². The molecule has 2 heterocycles. The molecule has 140 valence electrons. The number of amides is 1. The fourth-order valence-corrected chi connectivity index (χ4v) is 3.81. The van der Waals surface area contributed by atoms with E-state index in [1.807, 2.05) is 16.9 Å². The highest BCUT2D eigenvalue weighted by molar-refractivity contribution is 5.98. The van der Waals surface area contributed by atoms with E-state index < -0.39 is 6.10 Å². The Kier molecular flexibility index (Phi) is 4.61. The van der Waals surface area contributed by atoms with Crippen LogP contribution in [0.4, 0.5) is 4.39 Å². The second-order valence-electron chi connectivity index (χ2n) is 7.17. The summed E-state index contributed by atoms with van der Waals surface area (Å²) in [6, 6.07) is 7.59. The minimum Gasteiger partial charge on any atom is -0.391 e. The number of aromatic nitrogens is 3. The zero-order valence-electron chi connectivity index (χ0n) is 15.0. The van der Waals surface area contributed by atoms with Gasteiger partial charge in [-0.2, -0.15) is 5.10 Å². The molecule has 4 rings (SSSR count). The normalized spacial score (nSPS) is 22.3. The van der Waals surface area contributed by atoms with Crippen molar-refractivity contribution in [2.75, 3.05) is 0 Å². The number of aryl methyl sites for hydroxylation is 1. The Bertz CT molecular complexity index is 974. The molecule has 27 heavy (non-hydrogen) atoms. The number of hydrogen-bond acceptors (Lipinski definition) is 4. The van der Waals surface area contributed by atoms with Gasteiger partial charge in [0.2, 0.25) is 0 Å². The van der Waals surface area contributed by atoms with E-state index in [-0.39, 0.29) is 23.7 Å². The maximum atomic E-state index is 13.4. The van der Waals surface area contributed by atoms with E-state index in [9.17, 15) is 14.3 Å². The summed E-state index contributed by atoms with van der Waals surface area (Å²) < 4.78 is 15.2. The van der Waals surface area contributed by atoms with Crippen molar-refractivity contribution in [1.82, 2.24) is 20.1 Å². The third kappa shape index (κ3) is 3.68. The van der Waals surface area contributed by atoms with E-state index in [1.54, 1.807) is 25.3 Å². The summed E-state index contributed by atoms with van der Waals surface area (Å²) in [5, 5.41) is 18.2. The van der Waals surface area contributed by atoms with Crippen LogP contribution in [-0.2, 0) is 6.54 Å². The van der Waals surface area contributed by atoms with Gasteiger partial charge in [0.15, 0.2) is 0 Å². The van der Waals surface area contributed by atoms with Crippen LogP contribution in [0.1, 0.15) is 28.9 Å². The maximum absolute atomic E-state index is 13.4. The van der Waals surface area contributed by atoms with Gasteiger partial charge in [0.25, 0.3) is 5.91 Å². The van der Waals surface area contributed by atoms with Gasteiger partial charge in [-0.1, -0.05) is 0 Å². The van der Waals surface area contributed by atoms with Gasteiger partial charge in [0.1, 0.15) is 5.82 Å². The number of aliphatic hydroxyl groups excluding tert-OH is 1. The lowest BCUT2D eigenvalue weighted by molar-refractivity contribution is 0.0872. The summed E-state index contributed by atoms with van der Waals surface area (Å²) in [6.07, 6.45) is 4.35. The zero-order chi connectivity index (χ0) is 19.0. The summed E-state index contributed by atoms with van der Waals surface area (Å²) in [5.41, 5.74) is 1.49. The molecule has 1 aliphatic carbocycles. The fraction of sp³-hybridized carbons (Fsp3) is 0.350. The van der Waals surface area contributed by atoms with Gasteiger partial charge >= 0.3 is 0 Å². The molecule has 1 amide bonds. The number of nitrogens with zero attached hydrogens (tertiary/aromatic N) is 3. The molecule has 6 nitrogen and oxygen atoms in total. The highest BCUT2D eigenvalue weighted by atomic mass is 19.1. The van der Waals surface area contributed by atoms with Gasteiger partial charge < -0.3 is 10.4 Å². The van der Waals surface area contributed by atoms with Gasteiger partial charge in [-0.15, -0.1) is 0 Å². The third-order valence-corrected chi connectivity index (χ3v) is 5.16. The standard InChI is InChI=1S/C20H21FN4O2/c1-12-16(9-14-3-4-15(21)10-17(14)23-12)20(27)24-18-7-13(8-19(18)26)11-25-6-2-5-22-25/h2-6,9-10,13,18-19,26H,7-8,11H2,1H3,(H,24,27)/t13?,18-,19-/m1/s1. The van der Waals surface area contributed by atoms with Gasteiger partial charge in [-0.05, 0) is 49.9 Å². The molecule has 2 aromatic heterocycles. The number of fused-ring (bicyclic) bond motifs is 1. The molecule has 1 aromatic carbocycles. The fourth-order valence-electron chi connectivity index (χ4n) is 3.81. The van der Waals surface area contributed by atoms with Gasteiger partial charge in [-0.25, -0.2) is 4.39 Å². The molecule has 1 saturated carbocycles. The highest BCUT2D eigenvalue weighted by Crippen LogP contribution is 2.28. The Balaban J connectivity index is 1.48. The van der Waals surface area contributed by atoms with Crippen molar-refractivity contribution in [2.24, 2.45) is 5.92 Å². The summed E-state index contributed by atoms with van der Waals surface area (Å²) in [7, 11) is 0. The van der Waals surface area contributed by atoms with Crippen molar-refractivity contribution in [3.8, 4) is 0 Å². The van der Waals surface area contributed by atoms with Crippen LogP contribution in [-0.4, -0.2) is 37.9 Å². The van der Waals surface area contributed by atoms with E-state index in [0.29, 0.717) is 35.0 Å². The van der Waals surface area contributed by atoms with Crippen molar-refractivity contribution < 1.29 is 14.3 Å². The first kappa shape index (κ1) is 17.6. The third-order valence-electron chi connectivity index (χ3n) is 5.16. The molecule has 3 aromatic rings. The largest absolute Gasteiger partial charge is 0.391 e. The van der Waals surface area contributed by atoms with E-state index in [1.165, 1.54) is 12.1 Å². The van der Waals surface area contributed by atoms with E-state index in [4.69, 9.17) is 0 Å². The quantitative estimate of drug-likeness (QED) is 0.741. The van der Waals surface area contributed by atoms with Crippen molar-refractivity contribution >= 4 is 16.8 Å². The zero-order valence-corrected chi connectivity index (χ0v) is 15.0. The molecule has 0 bridgehead atoms. The van der Waals surface area contributed by atoms with E-state index >= 15 is 0 Å². The lowest BCUT2D eigenvalue weighted by Gasteiger charge is -2.17. The van der Waals surface area contributed by atoms with Crippen LogP contribution in [0.2, 0.25) is 0 Å². The lowest BCUT2D eigenvalue weighted by Crippen LogP contribution is -2.40. The van der Waals surface area contributed by atoms with Gasteiger partial charge in [0, 0.05) is 30.4 Å². The number of halogens is 1. The molecule has 1 fully saturated rings. The molecule has 1 aliphatic rings. The van der Waals surface area contributed by atoms with Crippen molar-refractivity contribution in [2.45, 2.75) is 38.5 Å². The van der Waals surface area contributed by atoms with Crippen LogP contribution in [0.5, 0.6) is 0 Å². The molecule has 3 atom stereocenters. The number of aliphatic hydroxyl groups is 1. The number of nitrogens with one attached hydrogen (secondary N) is 1. The number of pyridine rings is 1. The minimum atomic E-state index is -0.586. The predicted molar refractivity (Wildman–Crippen MR) is 98.7 cm³/mol. The summed E-state index contributed by atoms with van der Waals surface area (Å²) in [5.74, 6) is -0.372. The van der Waals surface area contributed by atoms with Gasteiger partial charge in [0.05, 0.1) is 28.9 Å². The summed E-state index contributed by atoms with van der Waals surface area (Å²) >= 11 is 0. The predicted octanol–water partition coefficient (Wildman–Crippen LogP) is 2.45. The number of rotatable bonds is 4. The van der Waals surface area contributed by atoms with Crippen LogP contribution >= 0.6 is 0 Å². The smallest absolute Gasteiger partial charge is 0.253 e. The van der Waals surface area contributed by atoms with Crippen LogP contribution in [0.3, 0.4) is 0 Å². The Labute approximate surface area is 156 Å². The summed E-state index contributed by atoms with van der Waals surface area (Å²) in [4.78, 5) is 17.1. The molecule has 1 unspecified atom stereocenters. The van der Waals surface area contributed by atoms with Crippen molar-refractivity contribution in [3.63, 3.8) is 0 Å². The molecule has 0 radical (unpaired) electrons. The number of carbonyl (C=O) groups excluding carboxylic acids is 1. The topological polar surface area (TPSA) is 80.0 Å². The Morgan fingerprint density at radius 2 is 2.22 bits per heavy atom. The minimum absolute atomic E-state index is 0.254. The maximum Gasteiger partial charge on any atom is 0.253 e. The monoisotopic (exact) mass is 368 g/mol. The van der Waals surface area contributed by atoms with E-state index in [2.05, 4.69) is 15.4 Å². The SMILES string of the molecule is Cc1nc2cc(F)ccc2cc1C(=O)N[C@@H]1CC(Cn2cccn2)C[C@H]1O. The number of hydrogen-bond donors (Lipinski definition) is 2. The first-order valence-electron chi connectivity index (χ1n) is 9.03. The summed E-state index contributed by atoms with van der Waals surface area (Å²) in [6.45, 7) is 2.45. The van der Waals surface area contributed by atoms with Gasteiger partial charge in [-0.3, -0.25) is 14.5 Å². The average molecular weight is 368 g/mol. The number of carbonyl (C=O) groups is 1.